The number of para-hydroxylation sites is 1. The van der Waals surface area contributed by atoms with Crippen LogP contribution in [0.15, 0.2) is 65.7 Å². The Bertz CT molecular complexity index is 1160. The molecule has 0 aliphatic carbocycles. The molecule has 1 N–H and O–H groups in total. The quantitative estimate of drug-likeness (QED) is 0.657. The third kappa shape index (κ3) is 4.72. The lowest BCUT2D eigenvalue weighted by Crippen LogP contribution is -2.61. The average molecular weight is 430 g/mol. The van der Waals surface area contributed by atoms with E-state index in [1.165, 1.54) is 4.90 Å². The summed E-state index contributed by atoms with van der Waals surface area (Å²) >= 11 is 0. The van der Waals surface area contributed by atoms with E-state index in [0.29, 0.717) is 28.6 Å². The smallest absolute Gasteiger partial charge is 0.253 e. The van der Waals surface area contributed by atoms with Crippen molar-refractivity contribution in [1.29, 1.82) is 0 Å². The van der Waals surface area contributed by atoms with Gasteiger partial charge in [0, 0.05) is 17.1 Å². The standard InChI is InChI=1S/C23H21N5O4/c1-14-12-15(2)25-22(24-14)27-23-26-20(29)13-19(21(30)31)28(23)16-8-10-18(11-9-16)32-17-6-4-3-5-7-17/h3-12,19H,13H2,1-2H3,(H,30,31)(H,24,25,26,27,29)/p-1. The van der Waals surface area contributed by atoms with E-state index in [2.05, 4.69) is 20.3 Å². The summed E-state index contributed by atoms with van der Waals surface area (Å²) in [6.45, 7) is 3.59. The summed E-state index contributed by atoms with van der Waals surface area (Å²) in [7, 11) is 0. The number of ether oxygens (including phenoxy) is 1. The number of anilines is 1. The average Bonchev–Trinajstić information content (AvgIpc) is 2.74. The molecule has 0 spiro atoms. The molecule has 9 nitrogen and oxygen atoms in total. The van der Waals surface area contributed by atoms with E-state index in [1.54, 1.807) is 44.2 Å². The zero-order chi connectivity index (χ0) is 22.7. The Balaban J connectivity index is 1.70. The van der Waals surface area contributed by atoms with Gasteiger partial charge in [-0.3, -0.25) is 10.1 Å². The minimum absolute atomic E-state index is 0.0113. The highest BCUT2D eigenvalue weighted by Gasteiger charge is 2.33. The van der Waals surface area contributed by atoms with Gasteiger partial charge in [-0.15, -0.1) is 0 Å². The second kappa shape index (κ2) is 8.84. The largest absolute Gasteiger partial charge is 0.548 e. The van der Waals surface area contributed by atoms with Crippen molar-refractivity contribution in [3.63, 3.8) is 0 Å². The van der Waals surface area contributed by atoms with E-state index in [9.17, 15) is 14.7 Å². The minimum Gasteiger partial charge on any atom is -0.548 e. The second-order valence-electron chi connectivity index (χ2n) is 7.25. The van der Waals surface area contributed by atoms with Gasteiger partial charge < -0.3 is 19.5 Å². The first-order chi connectivity index (χ1) is 15.4. The molecule has 162 valence electrons. The number of nitrogens with one attached hydrogen (secondary N) is 1. The number of carboxylic acids is 1. The zero-order valence-electron chi connectivity index (χ0n) is 17.5. The summed E-state index contributed by atoms with van der Waals surface area (Å²) in [6, 6.07) is 16.6. The van der Waals surface area contributed by atoms with Crippen LogP contribution in [0.25, 0.3) is 0 Å². The van der Waals surface area contributed by atoms with Crippen molar-refractivity contribution in [1.82, 2.24) is 15.3 Å². The molecular weight excluding hydrogens is 410 g/mol. The third-order valence-corrected chi connectivity index (χ3v) is 4.71. The lowest BCUT2D eigenvalue weighted by Gasteiger charge is -2.38. The number of aliphatic carboxylic acids is 1. The number of guanidine groups is 1. The van der Waals surface area contributed by atoms with Gasteiger partial charge in [0.15, 0.2) is 0 Å². The van der Waals surface area contributed by atoms with Crippen molar-refractivity contribution in [3.8, 4) is 11.5 Å². The van der Waals surface area contributed by atoms with Crippen LogP contribution < -0.4 is 20.1 Å². The molecule has 1 aliphatic heterocycles. The minimum atomic E-state index is -1.39. The fourth-order valence-electron chi connectivity index (χ4n) is 3.37. The van der Waals surface area contributed by atoms with E-state index in [1.807, 2.05) is 30.3 Å². The van der Waals surface area contributed by atoms with Crippen molar-refractivity contribution in [2.45, 2.75) is 26.3 Å². The highest BCUT2D eigenvalue weighted by Crippen LogP contribution is 2.27. The molecule has 9 heteroatoms. The first kappa shape index (κ1) is 21.0. The van der Waals surface area contributed by atoms with Gasteiger partial charge >= 0.3 is 0 Å². The number of benzene rings is 2. The first-order valence-electron chi connectivity index (χ1n) is 9.93. The van der Waals surface area contributed by atoms with Crippen molar-refractivity contribution in [2.24, 2.45) is 4.99 Å². The molecule has 1 aromatic heterocycles. The van der Waals surface area contributed by atoms with Crippen LogP contribution in [0.3, 0.4) is 0 Å². The lowest BCUT2D eigenvalue weighted by molar-refractivity contribution is -0.307. The van der Waals surface area contributed by atoms with Gasteiger partial charge in [0.05, 0.1) is 18.4 Å². The number of aryl methyl sites for hydroxylation is 2. The Hall–Kier alpha value is -4.27. The third-order valence-electron chi connectivity index (χ3n) is 4.71. The number of amides is 1. The molecule has 4 rings (SSSR count). The highest BCUT2D eigenvalue weighted by molar-refractivity contribution is 6.13. The van der Waals surface area contributed by atoms with Gasteiger partial charge in [0.2, 0.25) is 11.9 Å². The number of aromatic nitrogens is 2. The molecule has 0 bridgehead atoms. The van der Waals surface area contributed by atoms with E-state index in [0.717, 1.165) is 0 Å². The topological polar surface area (TPSA) is 120 Å². The summed E-state index contributed by atoms with van der Waals surface area (Å²) in [5.41, 5.74) is 1.89. The van der Waals surface area contributed by atoms with Crippen molar-refractivity contribution < 1.29 is 19.4 Å². The van der Waals surface area contributed by atoms with Gasteiger partial charge in [-0.05, 0) is 56.3 Å². The van der Waals surface area contributed by atoms with Crippen LogP contribution in [0.1, 0.15) is 17.8 Å². The van der Waals surface area contributed by atoms with Crippen molar-refractivity contribution in [2.75, 3.05) is 4.90 Å². The molecule has 32 heavy (non-hydrogen) atoms. The number of aliphatic imine (C=N–C) groups is 1. The Morgan fingerprint density at radius 3 is 2.31 bits per heavy atom. The summed E-state index contributed by atoms with van der Waals surface area (Å²) in [5.74, 6) is -0.501. The number of rotatable bonds is 5. The van der Waals surface area contributed by atoms with Gasteiger partial charge in [-0.25, -0.2) is 9.97 Å². The first-order valence-corrected chi connectivity index (χ1v) is 9.93. The summed E-state index contributed by atoms with van der Waals surface area (Å²) in [5, 5.41) is 14.5. The predicted octanol–water partition coefficient (Wildman–Crippen LogP) is 2.02. The molecular formula is C23H20N5O4-. The Morgan fingerprint density at radius 1 is 1.06 bits per heavy atom. The fourth-order valence-corrected chi connectivity index (χ4v) is 3.37. The van der Waals surface area contributed by atoms with Gasteiger partial charge in [0.1, 0.15) is 11.5 Å². The molecule has 1 atom stereocenters. The van der Waals surface area contributed by atoms with Crippen LogP contribution in [0, 0.1) is 13.8 Å². The number of carboxylic acid groups (broad SMARTS) is 1. The SMILES string of the molecule is Cc1cc(C)nc(N=C2NC(=O)CC(C(=O)[O-])N2c2ccc(Oc3ccccc3)cc2)n1. The molecule has 1 fully saturated rings. The maximum absolute atomic E-state index is 12.2. The number of hydrogen-bond acceptors (Lipinski definition) is 7. The fraction of sp³-hybridized carbons (Fsp3) is 0.174. The van der Waals surface area contributed by atoms with Crippen molar-refractivity contribution in [3.05, 3.63) is 72.1 Å². The summed E-state index contributed by atoms with van der Waals surface area (Å²) in [4.78, 5) is 38.3. The van der Waals surface area contributed by atoms with Gasteiger partial charge in [0.25, 0.3) is 5.95 Å². The normalized spacial score (nSPS) is 17.2. The molecule has 1 amide bonds. The molecule has 1 saturated heterocycles. The monoisotopic (exact) mass is 430 g/mol. The molecule has 1 unspecified atom stereocenters. The number of hydrogen-bond donors (Lipinski definition) is 1. The van der Waals surface area contributed by atoms with Crippen molar-refractivity contribution >= 4 is 29.5 Å². The maximum Gasteiger partial charge on any atom is 0.253 e. The van der Waals surface area contributed by atoms with Crippen LogP contribution in [-0.4, -0.2) is 33.8 Å². The molecule has 2 aromatic carbocycles. The molecule has 1 aliphatic rings. The number of carbonyl (C=O) groups excluding carboxylic acids is 2. The van der Waals surface area contributed by atoms with Crippen LogP contribution in [0.2, 0.25) is 0 Å². The summed E-state index contributed by atoms with van der Waals surface area (Å²) in [6.07, 6.45) is -0.280. The van der Waals surface area contributed by atoms with Crippen LogP contribution in [-0.2, 0) is 9.59 Å². The molecule has 0 saturated carbocycles. The Kier molecular flexibility index (Phi) is 5.80. The van der Waals surface area contributed by atoms with Crippen LogP contribution in [0.5, 0.6) is 11.5 Å². The zero-order valence-corrected chi connectivity index (χ0v) is 17.5. The van der Waals surface area contributed by atoms with Gasteiger partial charge in [-0.1, -0.05) is 18.2 Å². The second-order valence-corrected chi connectivity index (χ2v) is 7.25. The lowest BCUT2D eigenvalue weighted by atomic mass is 10.1. The summed E-state index contributed by atoms with van der Waals surface area (Å²) < 4.78 is 5.79. The molecule has 3 aromatic rings. The van der Waals surface area contributed by atoms with E-state index < -0.39 is 17.9 Å². The van der Waals surface area contributed by atoms with E-state index in [4.69, 9.17) is 4.74 Å². The van der Waals surface area contributed by atoms with E-state index in [-0.39, 0.29) is 18.3 Å². The van der Waals surface area contributed by atoms with Crippen LogP contribution >= 0.6 is 0 Å². The molecule has 2 heterocycles. The Morgan fingerprint density at radius 2 is 1.69 bits per heavy atom. The Labute approximate surface area is 184 Å². The van der Waals surface area contributed by atoms with Gasteiger partial charge in [-0.2, -0.15) is 4.99 Å². The highest BCUT2D eigenvalue weighted by atomic mass is 16.5. The van der Waals surface area contributed by atoms with E-state index >= 15 is 0 Å². The number of nitrogens with zero attached hydrogens (tertiary/aromatic N) is 4. The maximum atomic E-state index is 12.2. The molecule has 0 radical (unpaired) electrons. The number of carbonyl (C=O) groups is 2. The predicted molar refractivity (Wildman–Crippen MR) is 116 cm³/mol. The van der Waals surface area contributed by atoms with Crippen LogP contribution in [0.4, 0.5) is 11.6 Å².